The molecule has 47 heavy (non-hydrogen) atoms. The summed E-state index contributed by atoms with van der Waals surface area (Å²) in [5.41, 5.74) is 4.61. The van der Waals surface area contributed by atoms with Crippen LogP contribution in [0.1, 0.15) is 50.2 Å². The maximum absolute atomic E-state index is 14.2. The van der Waals surface area contributed by atoms with Crippen LogP contribution in [-0.4, -0.2) is 21.6 Å². The Kier molecular flexibility index (Phi) is 7.43. The van der Waals surface area contributed by atoms with E-state index in [1.165, 1.54) is 18.2 Å². The highest BCUT2D eigenvalue weighted by molar-refractivity contribution is 6.08. The number of nitrogens with one attached hydrogen (secondary N) is 1. The Morgan fingerprint density at radius 3 is 2.09 bits per heavy atom. The van der Waals surface area contributed by atoms with Gasteiger partial charge in [0, 0.05) is 18.1 Å². The van der Waals surface area contributed by atoms with Gasteiger partial charge in [0.15, 0.2) is 0 Å². The average Bonchev–Trinajstić information content (AvgIpc) is 3.76. The minimum atomic E-state index is -4.51. The lowest BCUT2D eigenvalue weighted by Gasteiger charge is -2.20. The maximum Gasteiger partial charge on any atom is 0.416 e. The number of benzene rings is 5. The van der Waals surface area contributed by atoms with E-state index >= 15 is 0 Å². The monoisotopic (exact) mass is 630 g/mol. The lowest BCUT2D eigenvalue weighted by atomic mass is 9.97. The van der Waals surface area contributed by atoms with Gasteiger partial charge in [0.1, 0.15) is 0 Å². The molecule has 0 unspecified atom stereocenters. The van der Waals surface area contributed by atoms with Crippen LogP contribution in [0.2, 0.25) is 0 Å². The van der Waals surface area contributed by atoms with Crippen molar-refractivity contribution in [3.05, 3.63) is 155 Å². The Morgan fingerprint density at radius 1 is 0.745 bits per heavy atom. The second-order valence-corrected chi connectivity index (χ2v) is 12.0. The molecule has 1 aromatic heterocycles. The van der Waals surface area contributed by atoms with E-state index in [-0.39, 0.29) is 11.5 Å². The molecule has 6 aromatic rings. The van der Waals surface area contributed by atoms with Crippen LogP contribution in [0.4, 0.5) is 13.2 Å². The fourth-order valence-electron chi connectivity index (χ4n) is 6.15. The number of rotatable bonds is 8. The van der Waals surface area contributed by atoms with E-state index in [9.17, 15) is 27.9 Å². The number of aromatic nitrogens is 1. The minimum Gasteiger partial charge on any atom is -0.478 e. The number of carbonyl (C=O) groups excluding carboxylic acids is 1. The number of amides is 1. The van der Waals surface area contributed by atoms with Crippen molar-refractivity contribution in [3.63, 3.8) is 0 Å². The molecule has 8 heteroatoms. The number of nitrogens with zero attached hydrogens (tertiary/aromatic N) is 1. The third kappa shape index (κ3) is 6.02. The van der Waals surface area contributed by atoms with E-state index in [1.807, 2.05) is 53.2 Å². The van der Waals surface area contributed by atoms with Crippen molar-refractivity contribution < 1.29 is 27.9 Å². The Morgan fingerprint density at radius 2 is 1.43 bits per heavy atom. The second-order valence-electron chi connectivity index (χ2n) is 12.0. The SMILES string of the molecule is O=C(O)c1ccc(C2(NC(=O)c3cc(-c4cccc(C(F)(F)F)c4)cc4ccn(Cc5ccc(-c6ccccc6)cc5)c34)CC2)cc1. The molecule has 1 amide bonds. The summed E-state index contributed by atoms with van der Waals surface area (Å²) in [5.74, 6) is -1.39. The first-order chi connectivity index (χ1) is 22.6. The van der Waals surface area contributed by atoms with Gasteiger partial charge in [-0.15, -0.1) is 0 Å². The van der Waals surface area contributed by atoms with Crippen LogP contribution in [-0.2, 0) is 18.3 Å². The Labute approximate surface area is 268 Å². The quantitative estimate of drug-likeness (QED) is 0.176. The zero-order valence-electron chi connectivity index (χ0n) is 25.1. The topological polar surface area (TPSA) is 71.3 Å². The van der Waals surface area contributed by atoms with Crippen molar-refractivity contribution in [2.75, 3.05) is 0 Å². The fourth-order valence-corrected chi connectivity index (χ4v) is 6.15. The zero-order valence-corrected chi connectivity index (χ0v) is 25.1. The first kappa shape index (κ1) is 30.0. The van der Waals surface area contributed by atoms with Crippen molar-refractivity contribution in [3.8, 4) is 22.3 Å². The number of hydrogen-bond acceptors (Lipinski definition) is 2. The van der Waals surface area contributed by atoms with Crippen molar-refractivity contribution in [2.45, 2.75) is 31.1 Å². The maximum atomic E-state index is 14.2. The molecule has 5 aromatic carbocycles. The lowest BCUT2D eigenvalue weighted by Crippen LogP contribution is -2.35. The third-order valence-corrected chi connectivity index (χ3v) is 8.83. The molecule has 0 radical (unpaired) electrons. The number of carboxylic acids is 1. The van der Waals surface area contributed by atoms with Crippen molar-refractivity contribution >= 4 is 22.8 Å². The van der Waals surface area contributed by atoms with Gasteiger partial charge in [0.25, 0.3) is 5.91 Å². The summed E-state index contributed by atoms with van der Waals surface area (Å²) < 4.78 is 42.8. The third-order valence-electron chi connectivity index (χ3n) is 8.83. The van der Waals surface area contributed by atoms with Crippen LogP contribution < -0.4 is 5.32 Å². The number of carboxylic acid groups (broad SMARTS) is 1. The summed E-state index contributed by atoms with van der Waals surface area (Å²) >= 11 is 0. The van der Waals surface area contributed by atoms with Crippen LogP contribution in [0, 0.1) is 0 Å². The summed E-state index contributed by atoms with van der Waals surface area (Å²) in [5, 5.41) is 13.2. The van der Waals surface area contributed by atoms with E-state index in [0.717, 1.165) is 39.8 Å². The smallest absolute Gasteiger partial charge is 0.416 e. The van der Waals surface area contributed by atoms with Crippen molar-refractivity contribution in [1.29, 1.82) is 0 Å². The highest BCUT2D eigenvalue weighted by atomic mass is 19.4. The predicted octanol–water partition coefficient (Wildman–Crippen LogP) is 9.16. The van der Waals surface area contributed by atoms with Gasteiger partial charge in [0.2, 0.25) is 0 Å². The molecule has 5 nitrogen and oxygen atoms in total. The molecule has 0 bridgehead atoms. The molecule has 1 heterocycles. The number of aromatic carboxylic acids is 1. The van der Waals surface area contributed by atoms with Gasteiger partial charge in [-0.2, -0.15) is 13.2 Å². The summed E-state index contributed by atoms with van der Waals surface area (Å²) in [6.45, 7) is 0.476. The van der Waals surface area contributed by atoms with Gasteiger partial charge >= 0.3 is 12.1 Å². The summed E-state index contributed by atoms with van der Waals surface area (Å²) in [7, 11) is 0. The molecule has 2 N–H and O–H groups in total. The normalized spacial score (nSPS) is 13.8. The molecule has 1 aliphatic rings. The van der Waals surface area contributed by atoms with E-state index < -0.39 is 23.2 Å². The van der Waals surface area contributed by atoms with Crippen LogP contribution >= 0.6 is 0 Å². The first-order valence-electron chi connectivity index (χ1n) is 15.2. The second kappa shape index (κ2) is 11.6. The van der Waals surface area contributed by atoms with Gasteiger partial charge in [-0.25, -0.2) is 4.79 Å². The average molecular weight is 631 g/mol. The van der Waals surface area contributed by atoms with Gasteiger partial charge in [-0.1, -0.05) is 78.9 Å². The van der Waals surface area contributed by atoms with Crippen molar-refractivity contribution in [2.24, 2.45) is 0 Å². The summed E-state index contributed by atoms with van der Waals surface area (Å²) in [6.07, 6.45) is -1.26. The van der Waals surface area contributed by atoms with Crippen LogP contribution in [0.3, 0.4) is 0 Å². The van der Waals surface area contributed by atoms with Crippen LogP contribution in [0.15, 0.2) is 128 Å². The van der Waals surface area contributed by atoms with Crippen LogP contribution in [0.5, 0.6) is 0 Å². The number of alkyl halides is 3. The van der Waals surface area contributed by atoms with E-state index in [4.69, 9.17) is 0 Å². The predicted molar refractivity (Wildman–Crippen MR) is 175 cm³/mol. The number of hydrogen-bond donors (Lipinski definition) is 2. The van der Waals surface area contributed by atoms with Gasteiger partial charge in [0.05, 0.1) is 27.7 Å². The molecule has 0 atom stereocenters. The molecular weight excluding hydrogens is 601 g/mol. The number of carbonyl (C=O) groups is 2. The first-order valence-corrected chi connectivity index (χ1v) is 15.2. The molecular formula is C39H29F3N2O3. The molecule has 1 aliphatic carbocycles. The number of fused-ring (bicyclic) bond motifs is 1. The Balaban J connectivity index is 1.27. The van der Waals surface area contributed by atoms with Crippen LogP contribution in [0.25, 0.3) is 33.2 Å². The molecule has 0 aliphatic heterocycles. The zero-order chi connectivity index (χ0) is 32.8. The molecule has 0 saturated heterocycles. The van der Waals surface area contributed by atoms with Gasteiger partial charge in [-0.05, 0) is 88.7 Å². The molecule has 1 saturated carbocycles. The highest BCUT2D eigenvalue weighted by Crippen LogP contribution is 2.46. The van der Waals surface area contributed by atoms with Crippen molar-refractivity contribution in [1.82, 2.24) is 9.88 Å². The molecule has 7 rings (SSSR count). The van der Waals surface area contributed by atoms with E-state index in [0.29, 0.717) is 41.6 Å². The van der Waals surface area contributed by atoms with Gasteiger partial charge < -0.3 is 15.0 Å². The summed E-state index contributed by atoms with van der Waals surface area (Å²) in [6, 6.07) is 35.2. The van der Waals surface area contributed by atoms with E-state index in [1.54, 1.807) is 24.3 Å². The lowest BCUT2D eigenvalue weighted by molar-refractivity contribution is -0.137. The highest BCUT2D eigenvalue weighted by Gasteiger charge is 2.46. The largest absolute Gasteiger partial charge is 0.478 e. The molecule has 0 spiro atoms. The molecule has 1 fully saturated rings. The fraction of sp³-hybridized carbons (Fsp3) is 0.128. The number of halogens is 3. The van der Waals surface area contributed by atoms with Gasteiger partial charge in [-0.3, -0.25) is 4.79 Å². The Bertz CT molecular complexity index is 2110. The molecule has 234 valence electrons. The van der Waals surface area contributed by atoms with E-state index in [2.05, 4.69) is 29.6 Å². The minimum absolute atomic E-state index is 0.154. The standard InChI is InChI=1S/C39H29F3N2O3/c40-39(41,42)33-8-4-7-29(22-33)31-21-30-17-20-44(24-25-9-11-27(12-10-25)26-5-2-1-3-6-26)35(30)34(23-31)36(45)43-38(18-19-38)32-15-13-28(14-16-32)37(46)47/h1-17,20-23H,18-19,24H2,(H,43,45)(H,46,47). The Hall–Kier alpha value is -5.63. The summed E-state index contributed by atoms with van der Waals surface area (Å²) in [4.78, 5) is 25.6.